The summed E-state index contributed by atoms with van der Waals surface area (Å²) in [5, 5.41) is 7.29. The summed E-state index contributed by atoms with van der Waals surface area (Å²) in [6.45, 7) is 5.37. The third-order valence-electron chi connectivity index (χ3n) is 4.06. The summed E-state index contributed by atoms with van der Waals surface area (Å²) < 4.78 is 6.86. The first-order valence-corrected chi connectivity index (χ1v) is 9.12. The summed E-state index contributed by atoms with van der Waals surface area (Å²) in [6, 6.07) is 17.2. The van der Waals surface area contributed by atoms with E-state index in [1.807, 2.05) is 75.4 Å². The quantitative estimate of drug-likeness (QED) is 0.667. The van der Waals surface area contributed by atoms with E-state index in [9.17, 15) is 9.59 Å². The van der Waals surface area contributed by atoms with Gasteiger partial charge in [-0.1, -0.05) is 48.0 Å². The fraction of sp³-hybridized carbons (Fsp3) is 0.227. The lowest BCUT2D eigenvalue weighted by atomic mass is 10.1. The van der Waals surface area contributed by atoms with Gasteiger partial charge >= 0.3 is 5.97 Å². The van der Waals surface area contributed by atoms with Gasteiger partial charge in [-0.15, -0.1) is 0 Å². The Bertz CT molecular complexity index is 960. The molecule has 1 aromatic heterocycles. The maximum Gasteiger partial charge on any atom is 0.342 e. The highest BCUT2D eigenvalue weighted by atomic mass is 16.5. The Morgan fingerprint density at radius 3 is 2.39 bits per heavy atom. The molecule has 6 heteroatoms. The van der Waals surface area contributed by atoms with Gasteiger partial charge in [-0.2, -0.15) is 5.10 Å². The Balaban J connectivity index is 1.91. The van der Waals surface area contributed by atoms with E-state index < -0.39 is 5.97 Å². The fourth-order valence-electron chi connectivity index (χ4n) is 2.73. The highest BCUT2D eigenvalue weighted by molar-refractivity contribution is 5.97. The van der Waals surface area contributed by atoms with E-state index >= 15 is 0 Å². The molecular weight excluding hydrogens is 354 g/mol. The highest BCUT2D eigenvalue weighted by Crippen LogP contribution is 2.24. The van der Waals surface area contributed by atoms with Crippen LogP contribution in [-0.2, 0) is 9.53 Å². The second-order valence-corrected chi connectivity index (χ2v) is 6.84. The van der Waals surface area contributed by atoms with Gasteiger partial charge in [-0.3, -0.25) is 4.79 Å². The maximum absolute atomic E-state index is 12.7. The second kappa shape index (κ2) is 8.52. The van der Waals surface area contributed by atoms with Crippen molar-refractivity contribution < 1.29 is 14.3 Å². The zero-order valence-corrected chi connectivity index (χ0v) is 16.2. The summed E-state index contributed by atoms with van der Waals surface area (Å²) in [6.07, 6.45) is 1.63. The van der Waals surface area contributed by atoms with E-state index in [4.69, 9.17) is 4.74 Å². The zero-order valence-electron chi connectivity index (χ0n) is 16.2. The van der Waals surface area contributed by atoms with Gasteiger partial charge < -0.3 is 10.1 Å². The SMILES string of the molecule is Cc1ccc(-n2cc(C(=O)OCC(=O)NC(C)C)c(-c3ccccc3)n2)cc1. The van der Waals surface area contributed by atoms with Gasteiger partial charge in [-0.25, -0.2) is 9.48 Å². The van der Waals surface area contributed by atoms with Gasteiger partial charge in [0.2, 0.25) is 0 Å². The van der Waals surface area contributed by atoms with Crippen molar-refractivity contribution in [3.63, 3.8) is 0 Å². The summed E-state index contributed by atoms with van der Waals surface area (Å²) in [5.74, 6) is -0.924. The lowest BCUT2D eigenvalue weighted by molar-refractivity contribution is -0.124. The Morgan fingerprint density at radius 2 is 1.75 bits per heavy atom. The van der Waals surface area contributed by atoms with E-state index in [0.717, 1.165) is 16.8 Å². The van der Waals surface area contributed by atoms with Crippen molar-refractivity contribution in [2.45, 2.75) is 26.8 Å². The molecule has 28 heavy (non-hydrogen) atoms. The topological polar surface area (TPSA) is 73.2 Å². The highest BCUT2D eigenvalue weighted by Gasteiger charge is 2.21. The van der Waals surface area contributed by atoms with Crippen LogP contribution in [0.3, 0.4) is 0 Å². The molecule has 1 amide bonds. The normalized spacial score (nSPS) is 10.7. The van der Waals surface area contributed by atoms with Crippen molar-refractivity contribution in [1.29, 1.82) is 0 Å². The van der Waals surface area contributed by atoms with Crippen LogP contribution in [0.15, 0.2) is 60.8 Å². The van der Waals surface area contributed by atoms with Crippen molar-refractivity contribution in [3.8, 4) is 16.9 Å². The van der Waals surface area contributed by atoms with E-state index in [1.54, 1.807) is 10.9 Å². The number of hydrogen-bond donors (Lipinski definition) is 1. The minimum absolute atomic E-state index is 0.0182. The molecule has 0 spiro atoms. The number of aryl methyl sites for hydroxylation is 1. The van der Waals surface area contributed by atoms with Gasteiger partial charge in [-0.05, 0) is 32.9 Å². The first-order valence-electron chi connectivity index (χ1n) is 9.12. The van der Waals surface area contributed by atoms with Crippen LogP contribution in [0.25, 0.3) is 16.9 Å². The van der Waals surface area contributed by atoms with Crippen molar-refractivity contribution in [2.24, 2.45) is 0 Å². The van der Waals surface area contributed by atoms with Gasteiger partial charge in [0.15, 0.2) is 6.61 Å². The molecule has 0 atom stereocenters. The van der Waals surface area contributed by atoms with E-state index in [-0.39, 0.29) is 18.6 Å². The summed E-state index contributed by atoms with van der Waals surface area (Å²) in [5.41, 5.74) is 3.58. The second-order valence-electron chi connectivity index (χ2n) is 6.84. The van der Waals surface area contributed by atoms with Crippen LogP contribution >= 0.6 is 0 Å². The molecule has 1 N–H and O–H groups in total. The number of hydrogen-bond acceptors (Lipinski definition) is 4. The molecule has 0 saturated heterocycles. The molecular formula is C22H23N3O3. The predicted octanol–water partition coefficient (Wildman–Crippen LogP) is 3.53. The molecule has 6 nitrogen and oxygen atoms in total. The Kier molecular flexibility index (Phi) is 5.89. The first kappa shape index (κ1) is 19.4. The smallest absolute Gasteiger partial charge is 0.342 e. The van der Waals surface area contributed by atoms with Crippen molar-refractivity contribution >= 4 is 11.9 Å². The molecule has 0 fully saturated rings. The number of nitrogens with one attached hydrogen (secondary N) is 1. The molecule has 0 radical (unpaired) electrons. The van der Waals surface area contributed by atoms with Crippen LogP contribution in [0.2, 0.25) is 0 Å². The molecule has 3 rings (SSSR count). The number of carbonyl (C=O) groups is 2. The molecule has 0 bridgehead atoms. The van der Waals surface area contributed by atoms with Crippen molar-refractivity contribution in [3.05, 3.63) is 71.9 Å². The molecule has 144 valence electrons. The average molecular weight is 377 g/mol. The van der Waals surface area contributed by atoms with Crippen LogP contribution in [0.5, 0.6) is 0 Å². The van der Waals surface area contributed by atoms with Gasteiger partial charge in [0.25, 0.3) is 5.91 Å². The number of aromatic nitrogens is 2. The lowest BCUT2D eigenvalue weighted by Crippen LogP contribution is -2.34. The molecule has 1 heterocycles. The number of esters is 1. The molecule has 0 aliphatic rings. The summed E-state index contributed by atoms with van der Waals surface area (Å²) in [4.78, 5) is 24.5. The number of nitrogens with zero attached hydrogens (tertiary/aromatic N) is 2. The lowest BCUT2D eigenvalue weighted by Gasteiger charge is -2.08. The number of amides is 1. The van der Waals surface area contributed by atoms with Gasteiger partial charge in [0.1, 0.15) is 11.3 Å². The molecule has 0 unspecified atom stereocenters. The van der Waals surface area contributed by atoms with E-state index in [1.165, 1.54) is 0 Å². The average Bonchev–Trinajstić information content (AvgIpc) is 3.12. The minimum Gasteiger partial charge on any atom is -0.452 e. The third-order valence-corrected chi connectivity index (χ3v) is 4.06. The van der Waals surface area contributed by atoms with Crippen LogP contribution < -0.4 is 5.32 Å². The largest absolute Gasteiger partial charge is 0.452 e. The molecule has 0 aliphatic carbocycles. The number of ether oxygens (including phenoxy) is 1. The minimum atomic E-state index is -0.587. The maximum atomic E-state index is 12.7. The van der Waals surface area contributed by atoms with Crippen LogP contribution in [0.4, 0.5) is 0 Å². The van der Waals surface area contributed by atoms with Crippen LogP contribution in [0, 0.1) is 6.92 Å². The van der Waals surface area contributed by atoms with E-state index in [2.05, 4.69) is 10.4 Å². The number of carbonyl (C=O) groups excluding carboxylic acids is 2. The van der Waals surface area contributed by atoms with Gasteiger partial charge in [0.05, 0.1) is 5.69 Å². The molecule has 3 aromatic rings. The summed E-state index contributed by atoms with van der Waals surface area (Å²) >= 11 is 0. The summed E-state index contributed by atoms with van der Waals surface area (Å²) in [7, 11) is 0. The monoisotopic (exact) mass is 377 g/mol. The predicted molar refractivity (Wildman–Crippen MR) is 107 cm³/mol. The van der Waals surface area contributed by atoms with E-state index in [0.29, 0.717) is 11.3 Å². The number of benzene rings is 2. The van der Waals surface area contributed by atoms with Crippen molar-refractivity contribution in [2.75, 3.05) is 6.61 Å². The van der Waals surface area contributed by atoms with Gasteiger partial charge in [0, 0.05) is 17.8 Å². The fourth-order valence-corrected chi connectivity index (χ4v) is 2.73. The van der Waals surface area contributed by atoms with Crippen LogP contribution in [0.1, 0.15) is 29.8 Å². The Morgan fingerprint density at radius 1 is 1.07 bits per heavy atom. The molecule has 0 aliphatic heterocycles. The Hall–Kier alpha value is -3.41. The molecule has 0 saturated carbocycles. The molecule has 2 aromatic carbocycles. The van der Waals surface area contributed by atoms with Crippen molar-refractivity contribution in [1.82, 2.24) is 15.1 Å². The number of rotatable bonds is 6. The first-order chi connectivity index (χ1) is 13.4. The van der Waals surface area contributed by atoms with Crippen LogP contribution in [-0.4, -0.2) is 34.3 Å². The third kappa shape index (κ3) is 4.65. The standard InChI is InChI=1S/C22H23N3O3/c1-15(2)23-20(26)14-28-22(27)19-13-25(18-11-9-16(3)10-12-18)24-21(19)17-7-5-4-6-8-17/h4-13,15H,14H2,1-3H3,(H,23,26). The zero-order chi connectivity index (χ0) is 20.1. The Labute approximate surface area is 164 Å².